The second-order valence-electron chi connectivity index (χ2n) is 7.87. The molecule has 1 unspecified atom stereocenters. The monoisotopic (exact) mass is 379 g/mol. The summed E-state index contributed by atoms with van der Waals surface area (Å²) in [6.45, 7) is 3.25. The van der Waals surface area contributed by atoms with Crippen molar-refractivity contribution in [2.24, 2.45) is 4.99 Å². The maximum atomic E-state index is 12.8. The molecule has 0 bridgehead atoms. The van der Waals surface area contributed by atoms with E-state index >= 15 is 0 Å². The summed E-state index contributed by atoms with van der Waals surface area (Å²) in [4.78, 5) is 28.0. The van der Waals surface area contributed by atoms with Crippen LogP contribution in [0.1, 0.15) is 19.3 Å². The highest BCUT2D eigenvalue weighted by atomic mass is 16.2. The van der Waals surface area contributed by atoms with E-state index in [9.17, 15) is 4.79 Å². The van der Waals surface area contributed by atoms with Gasteiger partial charge >= 0.3 is 0 Å². The molecular formula is C22H29N5O. The maximum absolute atomic E-state index is 12.8. The molecule has 2 fully saturated rings. The van der Waals surface area contributed by atoms with E-state index in [4.69, 9.17) is 0 Å². The van der Waals surface area contributed by atoms with Gasteiger partial charge in [0.25, 0.3) is 0 Å². The average molecular weight is 380 g/mol. The lowest BCUT2D eigenvalue weighted by atomic mass is 10.1. The maximum Gasteiger partial charge on any atom is 0.237 e. The first-order valence-corrected chi connectivity index (χ1v) is 10.2. The Hall–Kier alpha value is -2.47. The minimum Gasteiger partial charge on any atom is -0.370 e. The Balaban J connectivity index is 1.37. The van der Waals surface area contributed by atoms with Crippen molar-refractivity contribution in [2.45, 2.75) is 31.3 Å². The Morgan fingerprint density at radius 3 is 3.07 bits per heavy atom. The highest BCUT2D eigenvalue weighted by Gasteiger charge is 2.32. The second-order valence-corrected chi connectivity index (χ2v) is 7.87. The van der Waals surface area contributed by atoms with Crippen molar-refractivity contribution in [3.8, 4) is 0 Å². The van der Waals surface area contributed by atoms with E-state index < -0.39 is 0 Å². The van der Waals surface area contributed by atoms with Crippen LogP contribution in [0.5, 0.6) is 0 Å². The number of likely N-dealkylation sites (tertiary alicyclic amines) is 2. The summed E-state index contributed by atoms with van der Waals surface area (Å²) in [6.07, 6.45) is 6.93. The molecular weight excluding hydrogens is 350 g/mol. The third kappa shape index (κ3) is 3.87. The van der Waals surface area contributed by atoms with E-state index in [0.29, 0.717) is 12.6 Å². The normalized spacial score (nSPS) is 23.1. The molecule has 4 rings (SSSR count). The number of nitrogens with zero attached hydrogens (tertiary/aromatic N) is 5. The molecule has 6 heteroatoms. The number of likely N-dealkylation sites (N-methyl/N-ethyl adjacent to an activating group) is 1. The van der Waals surface area contributed by atoms with Crippen molar-refractivity contribution in [2.75, 3.05) is 45.2 Å². The fourth-order valence-electron chi connectivity index (χ4n) is 4.47. The predicted octanol–water partition coefficient (Wildman–Crippen LogP) is 2.44. The molecule has 3 heterocycles. The van der Waals surface area contributed by atoms with E-state index in [2.05, 4.69) is 51.1 Å². The molecule has 1 aromatic heterocycles. The van der Waals surface area contributed by atoms with Crippen LogP contribution in [0.3, 0.4) is 0 Å². The Morgan fingerprint density at radius 1 is 1.32 bits per heavy atom. The van der Waals surface area contributed by atoms with Gasteiger partial charge in [0.1, 0.15) is 0 Å². The number of fused-ring (bicyclic) bond motifs is 1. The Labute approximate surface area is 166 Å². The lowest BCUT2D eigenvalue weighted by Gasteiger charge is -2.28. The van der Waals surface area contributed by atoms with Gasteiger partial charge in [-0.05, 0) is 37.5 Å². The number of rotatable bonds is 5. The van der Waals surface area contributed by atoms with Gasteiger partial charge in [-0.1, -0.05) is 12.1 Å². The number of carbonyl (C=O) groups excluding carboxylic acids is 1. The highest BCUT2D eigenvalue weighted by molar-refractivity contribution is 5.83. The molecule has 0 N–H and O–H groups in total. The molecule has 148 valence electrons. The van der Waals surface area contributed by atoms with Crippen LogP contribution in [0.15, 0.2) is 41.5 Å². The van der Waals surface area contributed by atoms with Gasteiger partial charge in [-0.25, -0.2) is 0 Å². The molecule has 6 nitrogen and oxygen atoms in total. The third-order valence-electron chi connectivity index (χ3n) is 6.09. The molecule has 2 aromatic rings. The summed E-state index contributed by atoms with van der Waals surface area (Å²) in [7, 11) is 3.93. The van der Waals surface area contributed by atoms with Crippen LogP contribution >= 0.6 is 0 Å². The topological polar surface area (TPSA) is 52.0 Å². The summed E-state index contributed by atoms with van der Waals surface area (Å²) in [5.74, 6) is 0.237. The minimum absolute atomic E-state index is 0.184. The minimum atomic E-state index is 0.184. The average Bonchev–Trinajstić information content (AvgIpc) is 3.37. The number of amides is 1. The van der Waals surface area contributed by atoms with Crippen molar-refractivity contribution < 1.29 is 4.79 Å². The van der Waals surface area contributed by atoms with Crippen molar-refractivity contribution in [3.63, 3.8) is 0 Å². The zero-order valence-corrected chi connectivity index (χ0v) is 16.8. The van der Waals surface area contributed by atoms with E-state index in [-0.39, 0.29) is 11.9 Å². The van der Waals surface area contributed by atoms with Crippen molar-refractivity contribution in [3.05, 3.63) is 36.5 Å². The molecule has 2 saturated heterocycles. The fraction of sp³-hybridized carbons (Fsp3) is 0.500. The van der Waals surface area contributed by atoms with Crippen LogP contribution in [0, 0.1) is 0 Å². The molecule has 2 atom stereocenters. The fourth-order valence-corrected chi connectivity index (χ4v) is 4.47. The summed E-state index contributed by atoms with van der Waals surface area (Å²) in [6, 6.07) is 11.1. The zero-order chi connectivity index (χ0) is 19.5. The van der Waals surface area contributed by atoms with Crippen LogP contribution in [-0.4, -0.2) is 79.3 Å². The van der Waals surface area contributed by atoms with Gasteiger partial charge in [-0.15, -0.1) is 0 Å². The van der Waals surface area contributed by atoms with Crippen molar-refractivity contribution >= 4 is 28.7 Å². The van der Waals surface area contributed by atoms with Gasteiger partial charge in [-0.3, -0.25) is 19.7 Å². The van der Waals surface area contributed by atoms with Gasteiger partial charge in [0, 0.05) is 63.3 Å². The Bertz CT molecular complexity index is 867. The first kappa shape index (κ1) is 18.9. The third-order valence-corrected chi connectivity index (χ3v) is 6.09. The summed E-state index contributed by atoms with van der Waals surface area (Å²) in [5, 5.41) is 1.16. The van der Waals surface area contributed by atoms with Crippen LogP contribution in [-0.2, 0) is 4.79 Å². The molecule has 0 saturated carbocycles. The van der Waals surface area contributed by atoms with Gasteiger partial charge < -0.3 is 9.80 Å². The molecule has 2 aliphatic rings. The number of aromatic nitrogens is 1. The number of benzene rings is 1. The molecule has 0 aliphatic carbocycles. The molecule has 0 spiro atoms. The number of carbonyl (C=O) groups is 1. The van der Waals surface area contributed by atoms with E-state index in [0.717, 1.165) is 49.8 Å². The standard InChI is InChI=1S/C22H29N5O/c1-23-14-19-6-4-11-27(19)22(28)16-26-12-9-20(15-26)25(2)18-8-7-17-5-3-10-24-21(17)13-18/h3,5,7-8,10,13-14,19-20H,4,6,9,11-12,15-16H2,1-2H3/t19?,20-/m1/s1. The number of anilines is 1. The molecule has 0 radical (unpaired) electrons. The van der Waals surface area contributed by atoms with Crippen LogP contribution < -0.4 is 4.90 Å². The lowest BCUT2D eigenvalue weighted by molar-refractivity contribution is -0.131. The summed E-state index contributed by atoms with van der Waals surface area (Å²) in [5.41, 5.74) is 2.21. The number of pyridine rings is 1. The summed E-state index contributed by atoms with van der Waals surface area (Å²) >= 11 is 0. The van der Waals surface area contributed by atoms with E-state index in [1.807, 2.05) is 23.4 Å². The van der Waals surface area contributed by atoms with Crippen LogP contribution in [0.4, 0.5) is 5.69 Å². The molecule has 1 amide bonds. The smallest absolute Gasteiger partial charge is 0.237 e. The van der Waals surface area contributed by atoms with Gasteiger partial charge in [0.2, 0.25) is 5.91 Å². The number of aliphatic imine (C=N–C) groups is 1. The number of hydrogen-bond acceptors (Lipinski definition) is 5. The SMILES string of the molecule is CN=CC1CCCN1C(=O)CN1CC[C@@H](N(C)c2ccc3cccnc3c2)C1. The first-order valence-electron chi connectivity index (χ1n) is 10.2. The van der Waals surface area contributed by atoms with E-state index in [1.54, 1.807) is 7.05 Å². The summed E-state index contributed by atoms with van der Waals surface area (Å²) < 4.78 is 0. The Kier molecular flexibility index (Phi) is 5.57. The van der Waals surface area contributed by atoms with Gasteiger partial charge in [0.15, 0.2) is 0 Å². The zero-order valence-electron chi connectivity index (χ0n) is 16.8. The van der Waals surface area contributed by atoms with Crippen LogP contribution in [0.2, 0.25) is 0 Å². The van der Waals surface area contributed by atoms with Gasteiger partial charge in [0.05, 0.1) is 18.1 Å². The number of hydrogen-bond donors (Lipinski definition) is 0. The largest absolute Gasteiger partial charge is 0.370 e. The molecule has 1 aromatic carbocycles. The first-order chi connectivity index (χ1) is 13.7. The quantitative estimate of drug-likeness (QED) is 0.749. The predicted molar refractivity (Wildman–Crippen MR) is 114 cm³/mol. The van der Waals surface area contributed by atoms with E-state index in [1.165, 1.54) is 5.69 Å². The van der Waals surface area contributed by atoms with Crippen LogP contribution in [0.25, 0.3) is 10.9 Å². The molecule has 28 heavy (non-hydrogen) atoms. The van der Waals surface area contributed by atoms with Crippen molar-refractivity contribution in [1.29, 1.82) is 0 Å². The van der Waals surface area contributed by atoms with Gasteiger partial charge in [-0.2, -0.15) is 0 Å². The Morgan fingerprint density at radius 2 is 2.21 bits per heavy atom. The van der Waals surface area contributed by atoms with Crippen molar-refractivity contribution in [1.82, 2.24) is 14.8 Å². The molecule has 2 aliphatic heterocycles. The highest BCUT2D eigenvalue weighted by Crippen LogP contribution is 2.25. The second kappa shape index (κ2) is 8.27. The lowest BCUT2D eigenvalue weighted by Crippen LogP contribution is -2.43.